The fourth-order valence-corrected chi connectivity index (χ4v) is 1.93. The van der Waals surface area contributed by atoms with Crippen molar-refractivity contribution in [3.05, 3.63) is 11.4 Å². The van der Waals surface area contributed by atoms with Gasteiger partial charge in [-0.25, -0.2) is 9.97 Å². The van der Waals surface area contributed by atoms with Gasteiger partial charge in [-0.15, -0.1) is 0 Å². The molecule has 1 heterocycles. The van der Waals surface area contributed by atoms with Crippen LogP contribution in [0.25, 0.3) is 0 Å². The van der Waals surface area contributed by atoms with E-state index in [1.807, 2.05) is 20.9 Å². The predicted molar refractivity (Wildman–Crippen MR) is 84.4 cm³/mol. The maximum absolute atomic E-state index is 5.56. The maximum Gasteiger partial charge on any atom is 0.135 e. The lowest BCUT2D eigenvalue weighted by atomic mass is 10.1. The van der Waals surface area contributed by atoms with E-state index < -0.39 is 0 Å². The lowest BCUT2D eigenvalue weighted by Crippen LogP contribution is -2.32. The Hall–Kier alpha value is -1.36. The molecule has 5 heteroatoms. The van der Waals surface area contributed by atoms with Crippen LogP contribution in [0.5, 0.6) is 0 Å². The first-order valence-electron chi connectivity index (χ1n) is 7.42. The van der Waals surface area contributed by atoms with Crippen molar-refractivity contribution in [2.75, 3.05) is 30.9 Å². The molecule has 1 unspecified atom stereocenters. The van der Waals surface area contributed by atoms with Crippen LogP contribution in [0.3, 0.4) is 0 Å². The van der Waals surface area contributed by atoms with E-state index in [4.69, 9.17) is 4.74 Å². The highest BCUT2D eigenvalue weighted by atomic mass is 16.5. The topological polar surface area (TPSA) is 59.1 Å². The van der Waals surface area contributed by atoms with Gasteiger partial charge in [0.1, 0.15) is 17.5 Å². The third kappa shape index (κ3) is 4.34. The summed E-state index contributed by atoms with van der Waals surface area (Å²) in [6, 6.07) is 0.248. The molecule has 0 saturated carbocycles. The van der Waals surface area contributed by atoms with E-state index in [1.54, 1.807) is 0 Å². The van der Waals surface area contributed by atoms with Gasteiger partial charge in [-0.05, 0) is 19.8 Å². The number of nitrogens with one attached hydrogen (secondary N) is 2. The minimum absolute atomic E-state index is 0.248. The molecule has 0 aliphatic heterocycles. The molecule has 0 radical (unpaired) electrons. The number of ether oxygens (including phenoxy) is 1. The van der Waals surface area contributed by atoms with Gasteiger partial charge in [-0.1, -0.05) is 20.8 Å². The molecule has 1 aromatic rings. The number of aromatic nitrogens is 2. The second-order valence-electron chi connectivity index (χ2n) is 5.22. The zero-order valence-corrected chi connectivity index (χ0v) is 13.6. The molecule has 0 saturated heterocycles. The van der Waals surface area contributed by atoms with Crippen LogP contribution < -0.4 is 10.6 Å². The van der Waals surface area contributed by atoms with E-state index in [-0.39, 0.29) is 6.04 Å². The second-order valence-corrected chi connectivity index (χ2v) is 5.22. The lowest BCUT2D eigenvalue weighted by molar-refractivity contribution is 0.126. The fraction of sp³-hybridized carbons (Fsp3) is 0.733. The van der Waals surface area contributed by atoms with Crippen LogP contribution in [-0.4, -0.2) is 36.3 Å². The summed E-state index contributed by atoms with van der Waals surface area (Å²) in [6.07, 6.45) is 0.821. The third-order valence-electron chi connectivity index (χ3n) is 3.37. The van der Waals surface area contributed by atoms with E-state index in [0.29, 0.717) is 12.5 Å². The maximum atomic E-state index is 5.56. The second kappa shape index (κ2) is 8.04. The summed E-state index contributed by atoms with van der Waals surface area (Å²) in [4.78, 5) is 9.10. The van der Waals surface area contributed by atoms with Gasteiger partial charge < -0.3 is 15.4 Å². The van der Waals surface area contributed by atoms with Crippen molar-refractivity contribution in [1.29, 1.82) is 0 Å². The van der Waals surface area contributed by atoms with Gasteiger partial charge in [-0.2, -0.15) is 0 Å². The van der Waals surface area contributed by atoms with Crippen LogP contribution in [0.1, 0.15) is 39.1 Å². The molecule has 1 rings (SSSR count). The highest BCUT2D eigenvalue weighted by molar-refractivity contribution is 5.57. The summed E-state index contributed by atoms with van der Waals surface area (Å²) in [5, 5.41) is 6.65. The molecule has 5 nitrogen and oxygen atoms in total. The molecule has 0 spiro atoms. The van der Waals surface area contributed by atoms with Crippen molar-refractivity contribution in [1.82, 2.24) is 9.97 Å². The molecule has 0 bridgehead atoms. The van der Waals surface area contributed by atoms with Gasteiger partial charge in [0.25, 0.3) is 0 Å². The number of aryl methyl sites for hydroxylation is 1. The quantitative estimate of drug-likeness (QED) is 0.767. The summed E-state index contributed by atoms with van der Waals surface area (Å²) in [5.74, 6) is 3.11. The van der Waals surface area contributed by atoms with E-state index in [0.717, 1.165) is 36.1 Å². The molecule has 1 aromatic heterocycles. The Morgan fingerprint density at radius 3 is 2.30 bits per heavy atom. The van der Waals surface area contributed by atoms with Gasteiger partial charge >= 0.3 is 0 Å². The van der Waals surface area contributed by atoms with Crippen molar-refractivity contribution in [3.8, 4) is 0 Å². The zero-order chi connectivity index (χ0) is 15.1. The van der Waals surface area contributed by atoms with Crippen molar-refractivity contribution < 1.29 is 4.74 Å². The predicted octanol–water partition coefficient (Wildman–Crippen LogP) is 2.86. The zero-order valence-electron chi connectivity index (χ0n) is 13.6. The first-order chi connectivity index (χ1) is 9.53. The Morgan fingerprint density at radius 1 is 1.15 bits per heavy atom. The van der Waals surface area contributed by atoms with Crippen molar-refractivity contribution in [2.45, 2.75) is 47.1 Å². The van der Waals surface area contributed by atoms with Crippen molar-refractivity contribution in [3.63, 3.8) is 0 Å². The van der Waals surface area contributed by atoms with Crippen LogP contribution in [0.2, 0.25) is 0 Å². The number of rotatable bonds is 8. The summed E-state index contributed by atoms with van der Waals surface area (Å²) < 4.78 is 5.56. The van der Waals surface area contributed by atoms with Crippen molar-refractivity contribution in [2.24, 2.45) is 5.92 Å². The SMILES string of the molecule is CCOCC(Nc1nc(CC)nc(NC)c1C)C(C)C. The van der Waals surface area contributed by atoms with Gasteiger partial charge in [0.15, 0.2) is 0 Å². The van der Waals surface area contributed by atoms with Gasteiger partial charge in [0.05, 0.1) is 12.6 Å². The van der Waals surface area contributed by atoms with E-state index >= 15 is 0 Å². The van der Waals surface area contributed by atoms with Gasteiger partial charge in [0.2, 0.25) is 0 Å². The molecule has 2 N–H and O–H groups in total. The highest BCUT2D eigenvalue weighted by Gasteiger charge is 2.17. The standard InChI is InChI=1S/C15H28N4O/c1-7-13-18-14(16-6)11(5)15(19-13)17-12(10(3)4)9-20-8-2/h10,12H,7-9H2,1-6H3,(H2,16,17,18,19). The van der Waals surface area contributed by atoms with E-state index in [1.165, 1.54) is 0 Å². The van der Waals surface area contributed by atoms with Crippen LogP contribution in [0.15, 0.2) is 0 Å². The normalized spacial score (nSPS) is 12.6. The average Bonchev–Trinajstić information content (AvgIpc) is 2.44. The molecule has 0 amide bonds. The first-order valence-corrected chi connectivity index (χ1v) is 7.42. The Morgan fingerprint density at radius 2 is 1.80 bits per heavy atom. The molecule has 0 fully saturated rings. The van der Waals surface area contributed by atoms with E-state index in [2.05, 4.69) is 41.4 Å². The average molecular weight is 280 g/mol. The van der Waals surface area contributed by atoms with Crippen LogP contribution in [0.4, 0.5) is 11.6 Å². The fourth-order valence-electron chi connectivity index (χ4n) is 1.93. The Bertz CT molecular complexity index is 421. The van der Waals surface area contributed by atoms with Crippen LogP contribution in [-0.2, 0) is 11.2 Å². The lowest BCUT2D eigenvalue weighted by Gasteiger charge is -2.24. The minimum Gasteiger partial charge on any atom is -0.380 e. The number of nitrogens with zero attached hydrogens (tertiary/aromatic N) is 2. The molecular formula is C15H28N4O. The Labute approximate surface area is 122 Å². The van der Waals surface area contributed by atoms with Gasteiger partial charge in [-0.3, -0.25) is 0 Å². The summed E-state index contributed by atoms with van der Waals surface area (Å²) in [5.41, 5.74) is 1.05. The minimum atomic E-state index is 0.248. The largest absolute Gasteiger partial charge is 0.380 e. The molecule has 114 valence electrons. The number of anilines is 2. The molecule has 1 atom stereocenters. The summed E-state index contributed by atoms with van der Waals surface area (Å²) in [7, 11) is 1.89. The number of hydrogen-bond acceptors (Lipinski definition) is 5. The highest BCUT2D eigenvalue weighted by Crippen LogP contribution is 2.22. The third-order valence-corrected chi connectivity index (χ3v) is 3.37. The summed E-state index contributed by atoms with van der Waals surface area (Å²) >= 11 is 0. The molecule has 0 aliphatic rings. The van der Waals surface area contributed by atoms with E-state index in [9.17, 15) is 0 Å². The summed E-state index contributed by atoms with van der Waals surface area (Å²) in [6.45, 7) is 11.9. The molecule has 20 heavy (non-hydrogen) atoms. The molecule has 0 aliphatic carbocycles. The van der Waals surface area contributed by atoms with Gasteiger partial charge in [0, 0.05) is 25.6 Å². The van der Waals surface area contributed by atoms with Crippen LogP contribution >= 0.6 is 0 Å². The number of hydrogen-bond donors (Lipinski definition) is 2. The smallest absolute Gasteiger partial charge is 0.135 e. The molecule has 0 aromatic carbocycles. The van der Waals surface area contributed by atoms with Crippen molar-refractivity contribution >= 4 is 11.6 Å². The van der Waals surface area contributed by atoms with Crippen LogP contribution in [0, 0.1) is 12.8 Å². The first kappa shape index (κ1) is 16.7. The monoisotopic (exact) mass is 280 g/mol. The Balaban J connectivity index is 2.98. The Kier molecular flexibility index (Phi) is 6.71. The molecular weight excluding hydrogens is 252 g/mol.